The van der Waals surface area contributed by atoms with Gasteiger partial charge in [-0.2, -0.15) is 0 Å². The van der Waals surface area contributed by atoms with Gasteiger partial charge in [0, 0.05) is 22.1 Å². The molecule has 6 aromatic rings. The number of rotatable bonds is 4. The van der Waals surface area contributed by atoms with E-state index in [9.17, 15) is 0 Å². The van der Waals surface area contributed by atoms with Crippen LogP contribution in [0, 0.1) is 0 Å². The Morgan fingerprint density at radius 1 is 0.529 bits per heavy atom. The van der Waals surface area contributed by atoms with Gasteiger partial charge in [-0.3, -0.25) is 0 Å². The van der Waals surface area contributed by atoms with E-state index in [-0.39, 0.29) is 0 Å². The molecule has 0 radical (unpaired) electrons. The highest BCUT2D eigenvalue weighted by Crippen LogP contribution is 2.34. The van der Waals surface area contributed by atoms with Crippen molar-refractivity contribution < 1.29 is 4.74 Å². The molecule has 0 amide bonds. The normalized spacial score (nSPS) is 11.1. The first-order valence-corrected chi connectivity index (χ1v) is 11.2. The molecule has 2 aromatic heterocycles. The number of fused-ring (bicyclic) bond motifs is 2. The summed E-state index contributed by atoms with van der Waals surface area (Å²) in [5.74, 6) is 0.809. The Bertz CT molecular complexity index is 1660. The van der Waals surface area contributed by atoms with E-state index in [0.717, 1.165) is 61.2 Å². The number of hydrogen-bond acceptors (Lipinski definition) is 4. The van der Waals surface area contributed by atoms with Crippen LogP contribution in [-0.2, 0) is 0 Å². The minimum absolute atomic E-state index is 0.809. The zero-order valence-electron chi connectivity index (χ0n) is 18.6. The zero-order chi connectivity index (χ0) is 22.9. The van der Waals surface area contributed by atoms with Gasteiger partial charge in [0.1, 0.15) is 5.75 Å². The Morgan fingerprint density at radius 3 is 2.03 bits per heavy atom. The molecule has 0 aliphatic heterocycles. The first-order valence-electron chi connectivity index (χ1n) is 11.2. The molecule has 34 heavy (non-hydrogen) atoms. The van der Waals surface area contributed by atoms with Crippen molar-refractivity contribution in [1.82, 2.24) is 15.2 Å². The lowest BCUT2D eigenvalue weighted by Gasteiger charge is -2.12. The molecule has 0 unspecified atom stereocenters. The third kappa shape index (κ3) is 3.65. The highest BCUT2D eigenvalue weighted by Gasteiger charge is 2.11. The SMILES string of the molecule is COc1cc2ccccc2cc1-c1cccc(-c2cccc(-c3cc4ccccc4nn3)c2)n1. The van der Waals surface area contributed by atoms with Crippen LogP contribution in [0.4, 0.5) is 0 Å². The number of methoxy groups -OCH3 is 1. The molecule has 0 aliphatic carbocycles. The van der Waals surface area contributed by atoms with Crippen LogP contribution in [0.25, 0.3) is 55.4 Å². The number of hydrogen-bond donors (Lipinski definition) is 0. The molecule has 162 valence electrons. The first-order chi connectivity index (χ1) is 16.8. The molecule has 0 saturated carbocycles. The Labute approximate surface area is 197 Å². The van der Waals surface area contributed by atoms with Crippen molar-refractivity contribution in [3.8, 4) is 39.5 Å². The molecule has 4 heteroatoms. The molecule has 4 aromatic carbocycles. The average molecular weight is 440 g/mol. The highest BCUT2D eigenvalue weighted by molar-refractivity contribution is 5.90. The lowest BCUT2D eigenvalue weighted by Crippen LogP contribution is -1.93. The number of ether oxygens (including phenoxy) is 1. The Morgan fingerprint density at radius 2 is 1.21 bits per heavy atom. The fourth-order valence-electron chi connectivity index (χ4n) is 4.30. The molecule has 6 rings (SSSR count). The summed E-state index contributed by atoms with van der Waals surface area (Å²) in [6, 6.07) is 36.9. The second-order valence-corrected chi connectivity index (χ2v) is 8.18. The maximum absolute atomic E-state index is 5.71. The van der Waals surface area contributed by atoms with E-state index in [0.29, 0.717) is 0 Å². The number of pyridine rings is 1. The molecule has 0 saturated heterocycles. The van der Waals surface area contributed by atoms with E-state index < -0.39 is 0 Å². The molecule has 2 heterocycles. The van der Waals surface area contributed by atoms with Crippen LogP contribution in [0.3, 0.4) is 0 Å². The average Bonchev–Trinajstić information content (AvgIpc) is 2.92. The van der Waals surface area contributed by atoms with Gasteiger partial charge in [0.2, 0.25) is 0 Å². The summed E-state index contributed by atoms with van der Waals surface area (Å²) in [4.78, 5) is 5.00. The fraction of sp³-hybridized carbons (Fsp3) is 0.0333. The van der Waals surface area contributed by atoms with Crippen molar-refractivity contribution in [3.05, 3.63) is 109 Å². The Hall–Kier alpha value is -4.57. The molecule has 0 bridgehead atoms. The van der Waals surface area contributed by atoms with Crippen LogP contribution >= 0.6 is 0 Å². The molecule has 0 fully saturated rings. The highest BCUT2D eigenvalue weighted by atomic mass is 16.5. The monoisotopic (exact) mass is 439 g/mol. The first kappa shape index (κ1) is 20.1. The van der Waals surface area contributed by atoms with Gasteiger partial charge in [-0.15, -0.1) is 10.2 Å². The van der Waals surface area contributed by atoms with Gasteiger partial charge in [-0.1, -0.05) is 66.7 Å². The van der Waals surface area contributed by atoms with Crippen molar-refractivity contribution in [2.45, 2.75) is 0 Å². The van der Waals surface area contributed by atoms with Gasteiger partial charge in [-0.25, -0.2) is 4.98 Å². The zero-order valence-corrected chi connectivity index (χ0v) is 18.6. The molecular formula is C30H21N3O. The standard InChI is InChI=1S/C30H21N3O/c1-34-30-19-21-9-3-2-8-20(21)17-25(30)28-15-7-14-26(31-28)22-11-6-12-23(16-22)29-18-24-10-4-5-13-27(24)32-33-29/h2-19H,1H3. The summed E-state index contributed by atoms with van der Waals surface area (Å²) < 4.78 is 5.71. The second kappa shape index (κ2) is 8.41. The summed E-state index contributed by atoms with van der Waals surface area (Å²) in [5, 5.41) is 12.2. The topological polar surface area (TPSA) is 47.9 Å². The molecule has 4 nitrogen and oxygen atoms in total. The van der Waals surface area contributed by atoms with Gasteiger partial charge in [0.15, 0.2) is 0 Å². The van der Waals surface area contributed by atoms with Crippen molar-refractivity contribution in [2.75, 3.05) is 7.11 Å². The smallest absolute Gasteiger partial charge is 0.128 e. The van der Waals surface area contributed by atoms with E-state index in [1.54, 1.807) is 7.11 Å². The predicted molar refractivity (Wildman–Crippen MR) is 138 cm³/mol. The van der Waals surface area contributed by atoms with Gasteiger partial charge in [0.25, 0.3) is 0 Å². The Kier molecular flexibility index (Phi) is 4.96. The minimum atomic E-state index is 0.809. The summed E-state index contributed by atoms with van der Waals surface area (Å²) in [5.41, 5.74) is 6.49. The summed E-state index contributed by atoms with van der Waals surface area (Å²) >= 11 is 0. The Balaban J connectivity index is 1.42. The summed E-state index contributed by atoms with van der Waals surface area (Å²) in [6.07, 6.45) is 0. The summed E-state index contributed by atoms with van der Waals surface area (Å²) in [6.45, 7) is 0. The molecule has 0 N–H and O–H groups in total. The van der Waals surface area contributed by atoms with Crippen LogP contribution in [0.1, 0.15) is 0 Å². The van der Waals surface area contributed by atoms with E-state index in [1.165, 1.54) is 0 Å². The number of aromatic nitrogens is 3. The van der Waals surface area contributed by atoms with Gasteiger partial charge in [0.05, 0.1) is 29.7 Å². The predicted octanol–water partition coefficient (Wildman–Crippen LogP) is 7.19. The van der Waals surface area contributed by atoms with Crippen LogP contribution in [0.5, 0.6) is 5.75 Å². The molecular weight excluding hydrogens is 418 g/mol. The maximum Gasteiger partial charge on any atom is 0.128 e. The van der Waals surface area contributed by atoms with E-state index in [4.69, 9.17) is 9.72 Å². The van der Waals surface area contributed by atoms with Crippen LogP contribution < -0.4 is 4.74 Å². The third-order valence-corrected chi connectivity index (χ3v) is 6.04. The van der Waals surface area contributed by atoms with E-state index in [2.05, 4.69) is 64.8 Å². The molecule has 0 aliphatic rings. The number of nitrogens with zero attached hydrogens (tertiary/aromatic N) is 3. The third-order valence-electron chi connectivity index (χ3n) is 6.04. The van der Waals surface area contributed by atoms with Crippen molar-refractivity contribution in [2.24, 2.45) is 0 Å². The lowest BCUT2D eigenvalue weighted by atomic mass is 10.0. The van der Waals surface area contributed by atoms with Gasteiger partial charge < -0.3 is 4.74 Å². The van der Waals surface area contributed by atoms with Crippen LogP contribution in [0.2, 0.25) is 0 Å². The van der Waals surface area contributed by atoms with Crippen molar-refractivity contribution in [3.63, 3.8) is 0 Å². The van der Waals surface area contributed by atoms with E-state index in [1.807, 2.05) is 54.6 Å². The van der Waals surface area contributed by atoms with Gasteiger partial charge >= 0.3 is 0 Å². The molecule has 0 atom stereocenters. The fourth-order valence-corrected chi connectivity index (χ4v) is 4.30. The quantitative estimate of drug-likeness (QED) is 0.292. The van der Waals surface area contributed by atoms with Crippen molar-refractivity contribution in [1.29, 1.82) is 0 Å². The van der Waals surface area contributed by atoms with Crippen LogP contribution in [0.15, 0.2) is 109 Å². The largest absolute Gasteiger partial charge is 0.496 e. The lowest BCUT2D eigenvalue weighted by molar-refractivity contribution is 0.417. The maximum atomic E-state index is 5.71. The van der Waals surface area contributed by atoms with Gasteiger partial charge in [-0.05, 0) is 53.2 Å². The molecule has 0 spiro atoms. The van der Waals surface area contributed by atoms with E-state index >= 15 is 0 Å². The number of benzene rings is 4. The van der Waals surface area contributed by atoms with Crippen LogP contribution in [-0.4, -0.2) is 22.3 Å². The van der Waals surface area contributed by atoms with Crippen molar-refractivity contribution >= 4 is 21.7 Å². The second-order valence-electron chi connectivity index (χ2n) is 8.18. The summed E-state index contributed by atoms with van der Waals surface area (Å²) in [7, 11) is 1.70. The minimum Gasteiger partial charge on any atom is -0.496 e.